The molecule has 0 saturated heterocycles. The van der Waals surface area contributed by atoms with E-state index in [4.69, 9.17) is 28.3 Å². The SMILES string of the molecule is CC(C)(CCO)Cc1ccc(Cl)c(Cl)c1. The molecule has 84 valence electrons. The highest BCUT2D eigenvalue weighted by Gasteiger charge is 2.18. The van der Waals surface area contributed by atoms with Gasteiger partial charge in [0.25, 0.3) is 0 Å². The van der Waals surface area contributed by atoms with Crippen molar-refractivity contribution >= 4 is 23.2 Å². The number of hydrogen-bond donors (Lipinski definition) is 1. The number of halogens is 2. The van der Waals surface area contributed by atoms with Crippen LogP contribution < -0.4 is 0 Å². The molecule has 0 radical (unpaired) electrons. The molecule has 15 heavy (non-hydrogen) atoms. The lowest BCUT2D eigenvalue weighted by Gasteiger charge is -2.23. The lowest BCUT2D eigenvalue weighted by atomic mass is 9.83. The summed E-state index contributed by atoms with van der Waals surface area (Å²) in [6.45, 7) is 4.48. The molecule has 0 aliphatic carbocycles. The van der Waals surface area contributed by atoms with Crippen LogP contribution in [0.4, 0.5) is 0 Å². The van der Waals surface area contributed by atoms with Gasteiger partial charge in [0.1, 0.15) is 0 Å². The first kappa shape index (κ1) is 12.8. The van der Waals surface area contributed by atoms with Crippen LogP contribution in [0.3, 0.4) is 0 Å². The van der Waals surface area contributed by atoms with Gasteiger partial charge in [-0.25, -0.2) is 0 Å². The van der Waals surface area contributed by atoms with Crippen LogP contribution in [-0.2, 0) is 6.42 Å². The summed E-state index contributed by atoms with van der Waals surface area (Å²) in [5.74, 6) is 0. The first-order valence-electron chi connectivity index (χ1n) is 4.99. The van der Waals surface area contributed by atoms with Crippen molar-refractivity contribution in [1.82, 2.24) is 0 Å². The van der Waals surface area contributed by atoms with Crippen molar-refractivity contribution in [2.24, 2.45) is 5.41 Å². The van der Waals surface area contributed by atoms with Gasteiger partial charge >= 0.3 is 0 Å². The number of aliphatic hydroxyl groups is 1. The molecule has 1 nitrogen and oxygen atoms in total. The summed E-state index contributed by atoms with van der Waals surface area (Å²) >= 11 is 11.8. The molecule has 1 N–H and O–H groups in total. The van der Waals surface area contributed by atoms with Crippen molar-refractivity contribution in [2.45, 2.75) is 26.7 Å². The number of aliphatic hydroxyl groups excluding tert-OH is 1. The largest absolute Gasteiger partial charge is 0.396 e. The normalized spacial score (nSPS) is 11.8. The van der Waals surface area contributed by atoms with Crippen molar-refractivity contribution in [3.8, 4) is 0 Å². The standard InChI is InChI=1S/C12H16Cl2O/c1-12(2,5-6-15)8-9-3-4-10(13)11(14)7-9/h3-4,7,15H,5-6,8H2,1-2H3. The quantitative estimate of drug-likeness (QED) is 0.854. The van der Waals surface area contributed by atoms with Crippen molar-refractivity contribution in [1.29, 1.82) is 0 Å². The van der Waals surface area contributed by atoms with Crippen LogP contribution in [0.25, 0.3) is 0 Å². The molecule has 1 rings (SSSR count). The zero-order valence-electron chi connectivity index (χ0n) is 9.06. The van der Waals surface area contributed by atoms with E-state index in [1.165, 1.54) is 0 Å². The average molecular weight is 247 g/mol. The maximum atomic E-state index is 8.93. The van der Waals surface area contributed by atoms with E-state index in [9.17, 15) is 0 Å². The first-order valence-corrected chi connectivity index (χ1v) is 5.75. The zero-order valence-corrected chi connectivity index (χ0v) is 10.6. The van der Waals surface area contributed by atoms with Crippen molar-refractivity contribution in [3.63, 3.8) is 0 Å². The fourth-order valence-electron chi connectivity index (χ4n) is 1.59. The van der Waals surface area contributed by atoms with E-state index in [2.05, 4.69) is 13.8 Å². The molecule has 1 aromatic rings. The van der Waals surface area contributed by atoms with E-state index >= 15 is 0 Å². The van der Waals surface area contributed by atoms with E-state index in [1.54, 1.807) is 0 Å². The van der Waals surface area contributed by atoms with E-state index in [0.717, 1.165) is 18.4 Å². The number of benzene rings is 1. The molecule has 3 heteroatoms. The Balaban J connectivity index is 2.76. The van der Waals surface area contributed by atoms with Crippen LogP contribution in [0.5, 0.6) is 0 Å². The third kappa shape index (κ3) is 4.02. The maximum absolute atomic E-state index is 8.93. The van der Waals surface area contributed by atoms with E-state index in [0.29, 0.717) is 10.0 Å². The fourth-order valence-corrected chi connectivity index (χ4v) is 1.91. The minimum absolute atomic E-state index is 0.0892. The Morgan fingerprint density at radius 3 is 2.40 bits per heavy atom. The summed E-state index contributed by atoms with van der Waals surface area (Å²) in [5.41, 5.74) is 1.24. The second-order valence-electron chi connectivity index (χ2n) is 4.56. The van der Waals surface area contributed by atoms with E-state index in [-0.39, 0.29) is 12.0 Å². The zero-order chi connectivity index (χ0) is 11.5. The second kappa shape index (κ2) is 5.20. The molecular formula is C12H16Cl2O. The van der Waals surface area contributed by atoms with Gasteiger partial charge in [-0.3, -0.25) is 0 Å². The van der Waals surface area contributed by atoms with Crippen LogP contribution in [0.1, 0.15) is 25.8 Å². The number of rotatable bonds is 4. The van der Waals surface area contributed by atoms with Gasteiger partial charge in [-0.1, -0.05) is 43.1 Å². The number of hydrogen-bond acceptors (Lipinski definition) is 1. The predicted molar refractivity (Wildman–Crippen MR) is 65.6 cm³/mol. The van der Waals surface area contributed by atoms with Crippen LogP contribution in [0, 0.1) is 5.41 Å². The maximum Gasteiger partial charge on any atom is 0.0595 e. The molecule has 0 fully saturated rings. The highest BCUT2D eigenvalue weighted by Crippen LogP contribution is 2.29. The molecule has 0 aliphatic heterocycles. The third-order valence-electron chi connectivity index (χ3n) is 2.46. The Kier molecular flexibility index (Phi) is 4.45. The van der Waals surface area contributed by atoms with Crippen molar-refractivity contribution < 1.29 is 5.11 Å². The van der Waals surface area contributed by atoms with Gasteiger partial charge in [0.15, 0.2) is 0 Å². The Morgan fingerprint density at radius 2 is 1.87 bits per heavy atom. The summed E-state index contributed by atoms with van der Waals surface area (Å²) in [6, 6.07) is 5.69. The molecular weight excluding hydrogens is 231 g/mol. The summed E-state index contributed by atoms with van der Waals surface area (Å²) in [5, 5.41) is 10.1. The predicted octanol–water partition coefficient (Wildman–Crippen LogP) is 3.94. The topological polar surface area (TPSA) is 20.2 Å². The molecule has 0 aromatic heterocycles. The van der Waals surface area contributed by atoms with Crippen molar-refractivity contribution in [2.75, 3.05) is 6.61 Å². The lowest BCUT2D eigenvalue weighted by molar-refractivity contribution is 0.211. The van der Waals surface area contributed by atoms with Gasteiger partial charge in [0, 0.05) is 6.61 Å². The fraction of sp³-hybridized carbons (Fsp3) is 0.500. The highest BCUT2D eigenvalue weighted by atomic mass is 35.5. The summed E-state index contributed by atoms with van der Waals surface area (Å²) in [4.78, 5) is 0. The Morgan fingerprint density at radius 1 is 1.20 bits per heavy atom. The Bertz CT molecular complexity index is 334. The molecule has 0 spiro atoms. The van der Waals surface area contributed by atoms with Gasteiger partial charge < -0.3 is 5.11 Å². The molecule has 0 amide bonds. The van der Waals surface area contributed by atoms with Crippen LogP contribution in [0.15, 0.2) is 18.2 Å². The second-order valence-corrected chi connectivity index (χ2v) is 5.38. The van der Waals surface area contributed by atoms with Gasteiger partial charge in [0.2, 0.25) is 0 Å². The smallest absolute Gasteiger partial charge is 0.0595 e. The monoisotopic (exact) mass is 246 g/mol. The Labute approximate surface area is 101 Å². The molecule has 0 heterocycles. The Hall–Kier alpha value is -0.240. The van der Waals surface area contributed by atoms with Crippen LogP contribution in [-0.4, -0.2) is 11.7 Å². The highest BCUT2D eigenvalue weighted by molar-refractivity contribution is 6.42. The molecule has 0 atom stereocenters. The summed E-state index contributed by atoms with van der Waals surface area (Å²) < 4.78 is 0. The van der Waals surface area contributed by atoms with Gasteiger partial charge in [-0.15, -0.1) is 0 Å². The summed E-state index contributed by atoms with van der Waals surface area (Å²) in [6.07, 6.45) is 1.68. The van der Waals surface area contributed by atoms with Crippen molar-refractivity contribution in [3.05, 3.63) is 33.8 Å². The van der Waals surface area contributed by atoms with Crippen LogP contribution >= 0.6 is 23.2 Å². The minimum atomic E-state index is 0.0892. The van der Waals surface area contributed by atoms with Gasteiger partial charge in [0.05, 0.1) is 10.0 Å². The summed E-state index contributed by atoms with van der Waals surface area (Å²) in [7, 11) is 0. The van der Waals surface area contributed by atoms with Gasteiger partial charge in [-0.05, 0) is 36.0 Å². The average Bonchev–Trinajstić information content (AvgIpc) is 2.10. The third-order valence-corrected chi connectivity index (χ3v) is 3.19. The van der Waals surface area contributed by atoms with E-state index < -0.39 is 0 Å². The van der Waals surface area contributed by atoms with E-state index in [1.807, 2.05) is 18.2 Å². The molecule has 0 saturated carbocycles. The lowest BCUT2D eigenvalue weighted by Crippen LogP contribution is -2.16. The minimum Gasteiger partial charge on any atom is -0.396 e. The van der Waals surface area contributed by atoms with Gasteiger partial charge in [-0.2, -0.15) is 0 Å². The molecule has 0 unspecified atom stereocenters. The molecule has 0 aliphatic rings. The first-order chi connectivity index (χ1) is 6.94. The van der Waals surface area contributed by atoms with Crippen LogP contribution in [0.2, 0.25) is 10.0 Å². The molecule has 0 bridgehead atoms. The molecule has 1 aromatic carbocycles.